The molecular formula is C17H28N2O. The van der Waals surface area contributed by atoms with Gasteiger partial charge in [-0.15, -0.1) is 0 Å². The summed E-state index contributed by atoms with van der Waals surface area (Å²) >= 11 is 0. The molecule has 1 aromatic rings. The zero-order valence-corrected chi connectivity index (χ0v) is 13.4. The molecule has 0 bridgehead atoms. The lowest BCUT2D eigenvalue weighted by molar-refractivity contribution is -0.120. The fourth-order valence-electron chi connectivity index (χ4n) is 2.24. The summed E-state index contributed by atoms with van der Waals surface area (Å²) in [5, 5.41) is 2.99. The van der Waals surface area contributed by atoms with Gasteiger partial charge in [-0.05, 0) is 35.4 Å². The molecule has 3 heteroatoms. The Bertz CT molecular complexity index is 447. The van der Waals surface area contributed by atoms with Gasteiger partial charge >= 0.3 is 0 Å². The SMILES string of the molecule is CC(C)c1cccc(NC(=O)C(CN)CC(C)(C)C)c1. The first-order valence-corrected chi connectivity index (χ1v) is 7.34. The molecule has 0 spiro atoms. The summed E-state index contributed by atoms with van der Waals surface area (Å²) in [4.78, 5) is 12.3. The third-order valence-electron chi connectivity index (χ3n) is 3.33. The second kappa shape index (κ2) is 6.89. The molecule has 20 heavy (non-hydrogen) atoms. The Labute approximate surface area is 122 Å². The van der Waals surface area contributed by atoms with E-state index in [1.165, 1.54) is 5.56 Å². The monoisotopic (exact) mass is 276 g/mol. The summed E-state index contributed by atoms with van der Waals surface area (Å²) in [6.45, 7) is 11.0. The van der Waals surface area contributed by atoms with Crippen LogP contribution in [-0.4, -0.2) is 12.5 Å². The highest BCUT2D eigenvalue weighted by Gasteiger charge is 2.23. The van der Waals surface area contributed by atoms with E-state index in [0.29, 0.717) is 12.5 Å². The predicted molar refractivity (Wildman–Crippen MR) is 85.8 cm³/mol. The maximum atomic E-state index is 12.3. The second-order valence-electron chi connectivity index (χ2n) is 6.97. The van der Waals surface area contributed by atoms with Crippen LogP contribution in [0.3, 0.4) is 0 Å². The highest BCUT2D eigenvalue weighted by atomic mass is 16.1. The third-order valence-corrected chi connectivity index (χ3v) is 3.33. The molecule has 112 valence electrons. The molecule has 0 heterocycles. The Hall–Kier alpha value is -1.35. The quantitative estimate of drug-likeness (QED) is 0.860. The number of hydrogen-bond acceptors (Lipinski definition) is 2. The minimum Gasteiger partial charge on any atom is -0.330 e. The molecule has 0 fully saturated rings. The van der Waals surface area contributed by atoms with Crippen molar-refractivity contribution >= 4 is 11.6 Å². The van der Waals surface area contributed by atoms with Gasteiger partial charge in [0.2, 0.25) is 5.91 Å². The summed E-state index contributed by atoms with van der Waals surface area (Å²) in [6, 6.07) is 8.02. The molecule has 0 aliphatic carbocycles. The van der Waals surface area contributed by atoms with E-state index in [0.717, 1.165) is 12.1 Å². The van der Waals surface area contributed by atoms with E-state index >= 15 is 0 Å². The first-order valence-electron chi connectivity index (χ1n) is 7.34. The van der Waals surface area contributed by atoms with Crippen molar-refractivity contribution in [2.45, 2.75) is 47.0 Å². The molecular weight excluding hydrogens is 248 g/mol. The molecule has 0 aromatic heterocycles. The molecule has 3 N–H and O–H groups in total. The van der Waals surface area contributed by atoms with E-state index < -0.39 is 0 Å². The number of rotatable bonds is 5. The van der Waals surface area contributed by atoms with Crippen molar-refractivity contribution in [3.8, 4) is 0 Å². The van der Waals surface area contributed by atoms with Crippen molar-refractivity contribution in [2.75, 3.05) is 11.9 Å². The number of carbonyl (C=O) groups is 1. The van der Waals surface area contributed by atoms with Crippen LogP contribution >= 0.6 is 0 Å². The van der Waals surface area contributed by atoms with E-state index in [-0.39, 0.29) is 17.2 Å². The van der Waals surface area contributed by atoms with E-state index in [4.69, 9.17) is 5.73 Å². The Kier molecular flexibility index (Phi) is 5.75. The first kappa shape index (κ1) is 16.7. The Morgan fingerprint density at radius 3 is 2.45 bits per heavy atom. The van der Waals surface area contributed by atoms with Gasteiger partial charge in [0, 0.05) is 12.2 Å². The largest absolute Gasteiger partial charge is 0.330 e. The highest BCUT2D eigenvalue weighted by Crippen LogP contribution is 2.25. The average Bonchev–Trinajstić information content (AvgIpc) is 2.35. The van der Waals surface area contributed by atoms with Crippen molar-refractivity contribution in [3.05, 3.63) is 29.8 Å². The molecule has 1 atom stereocenters. The van der Waals surface area contributed by atoms with Gasteiger partial charge in [0.15, 0.2) is 0 Å². The van der Waals surface area contributed by atoms with Gasteiger partial charge in [0.05, 0.1) is 5.92 Å². The van der Waals surface area contributed by atoms with Crippen LogP contribution in [0.2, 0.25) is 0 Å². The second-order valence-corrected chi connectivity index (χ2v) is 6.97. The number of anilines is 1. The number of carbonyl (C=O) groups excluding carboxylic acids is 1. The molecule has 0 saturated heterocycles. The number of nitrogens with two attached hydrogens (primary N) is 1. The Balaban J connectivity index is 2.76. The Morgan fingerprint density at radius 1 is 1.30 bits per heavy atom. The summed E-state index contributed by atoms with van der Waals surface area (Å²) < 4.78 is 0. The van der Waals surface area contributed by atoms with Crippen LogP contribution in [0.25, 0.3) is 0 Å². The smallest absolute Gasteiger partial charge is 0.228 e. The molecule has 1 unspecified atom stereocenters. The van der Waals surface area contributed by atoms with Crippen molar-refractivity contribution in [1.29, 1.82) is 0 Å². The third kappa shape index (κ3) is 5.33. The van der Waals surface area contributed by atoms with Gasteiger partial charge in [-0.2, -0.15) is 0 Å². The molecule has 1 aromatic carbocycles. The fraction of sp³-hybridized carbons (Fsp3) is 0.588. The van der Waals surface area contributed by atoms with Crippen molar-refractivity contribution in [1.82, 2.24) is 0 Å². The summed E-state index contributed by atoms with van der Waals surface area (Å²) in [5.41, 5.74) is 7.93. The lowest BCUT2D eigenvalue weighted by atomic mass is 9.84. The molecule has 0 radical (unpaired) electrons. The predicted octanol–water partition coefficient (Wildman–Crippen LogP) is 3.76. The minimum atomic E-state index is -0.141. The van der Waals surface area contributed by atoms with Crippen LogP contribution in [0.4, 0.5) is 5.69 Å². The summed E-state index contributed by atoms with van der Waals surface area (Å²) in [6.07, 6.45) is 0.791. The maximum absolute atomic E-state index is 12.3. The molecule has 3 nitrogen and oxygen atoms in total. The van der Waals surface area contributed by atoms with Gasteiger partial charge in [-0.3, -0.25) is 4.79 Å². The van der Waals surface area contributed by atoms with Crippen LogP contribution < -0.4 is 11.1 Å². The maximum Gasteiger partial charge on any atom is 0.228 e. The fourth-order valence-corrected chi connectivity index (χ4v) is 2.24. The number of amides is 1. The van der Waals surface area contributed by atoms with E-state index in [2.05, 4.69) is 46.0 Å². The standard InChI is InChI=1S/C17H28N2O/c1-12(2)13-7-6-8-15(9-13)19-16(20)14(11-18)10-17(3,4)5/h6-9,12,14H,10-11,18H2,1-5H3,(H,19,20). The number of nitrogens with one attached hydrogen (secondary N) is 1. The molecule has 1 amide bonds. The van der Waals surface area contributed by atoms with E-state index in [9.17, 15) is 4.79 Å². The van der Waals surface area contributed by atoms with E-state index in [1.807, 2.05) is 18.2 Å². The van der Waals surface area contributed by atoms with Crippen molar-refractivity contribution in [3.63, 3.8) is 0 Å². The van der Waals surface area contributed by atoms with Crippen molar-refractivity contribution in [2.24, 2.45) is 17.1 Å². The minimum absolute atomic E-state index is 0.0170. The van der Waals surface area contributed by atoms with Crippen LogP contribution in [0.15, 0.2) is 24.3 Å². The molecule has 0 aliphatic rings. The zero-order chi connectivity index (χ0) is 15.3. The summed E-state index contributed by atoms with van der Waals surface area (Å²) in [7, 11) is 0. The van der Waals surface area contributed by atoms with Gasteiger partial charge in [-0.1, -0.05) is 46.8 Å². The lowest BCUT2D eigenvalue weighted by Crippen LogP contribution is -2.32. The molecule has 1 rings (SSSR count). The first-order chi connectivity index (χ1) is 9.23. The number of hydrogen-bond donors (Lipinski definition) is 2. The normalized spacial score (nSPS) is 13.3. The van der Waals surface area contributed by atoms with Crippen LogP contribution in [0.5, 0.6) is 0 Å². The Morgan fingerprint density at radius 2 is 1.95 bits per heavy atom. The van der Waals surface area contributed by atoms with Gasteiger partial charge in [-0.25, -0.2) is 0 Å². The van der Waals surface area contributed by atoms with Crippen LogP contribution in [0, 0.1) is 11.3 Å². The summed E-state index contributed by atoms with van der Waals surface area (Å²) in [5.74, 6) is 0.327. The van der Waals surface area contributed by atoms with Gasteiger partial charge < -0.3 is 11.1 Å². The topological polar surface area (TPSA) is 55.1 Å². The lowest BCUT2D eigenvalue weighted by Gasteiger charge is -2.24. The molecule has 0 aliphatic heterocycles. The molecule has 0 saturated carbocycles. The van der Waals surface area contributed by atoms with Gasteiger partial charge in [0.1, 0.15) is 0 Å². The van der Waals surface area contributed by atoms with Crippen molar-refractivity contribution < 1.29 is 4.79 Å². The zero-order valence-electron chi connectivity index (χ0n) is 13.4. The average molecular weight is 276 g/mol. The number of benzene rings is 1. The van der Waals surface area contributed by atoms with Gasteiger partial charge in [0.25, 0.3) is 0 Å². The van der Waals surface area contributed by atoms with E-state index in [1.54, 1.807) is 0 Å². The highest BCUT2D eigenvalue weighted by molar-refractivity contribution is 5.92. The van der Waals surface area contributed by atoms with Crippen LogP contribution in [-0.2, 0) is 4.79 Å². The van der Waals surface area contributed by atoms with Crippen LogP contribution in [0.1, 0.15) is 52.5 Å².